The van der Waals surface area contributed by atoms with E-state index in [4.69, 9.17) is 27.9 Å². The van der Waals surface area contributed by atoms with Crippen LogP contribution in [-0.2, 0) is 4.79 Å². The monoisotopic (exact) mass is 390 g/mol. The molecule has 0 aliphatic heterocycles. The molecule has 26 heavy (non-hydrogen) atoms. The molecule has 0 aliphatic carbocycles. The van der Waals surface area contributed by atoms with E-state index >= 15 is 0 Å². The Labute approximate surface area is 160 Å². The van der Waals surface area contributed by atoms with Crippen molar-refractivity contribution >= 4 is 45.6 Å². The van der Waals surface area contributed by atoms with Gasteiger partial charge < -0.3 is 14.6 Å². The molecule has 3 aromatic rings. The zero-order valence-corrected chi connectivity index (χ0v) is 15.6. The number of hydrogen-bond donors (Lipinski definition) is 1. The lowest BCUT2D eigenvalue weighted by Gasteiger charge is -2.16. The molecule has 1 amide bonds. The molecule has 0 saturated carbocycles. The lowest BCUT2D eigenvalue weighted by atomic mass is 10.1. The van der Waals surface area contributed by atoms with Crippen LogP contribution in [0.3, 0.4) is 0 Å². The molecule has 2 aromatic carbocycles. The standard InChI is InChI=1S/C19H16Cl2N2O3/c1-11(18(24)22-17-10-13(20)3-6-16(17)21)23-8-7-12-9-14(26-2)4-5-15(12)19(23)25/h3-11H,1-2H3,(H,22,24). The molecule has 0 saturated heterocycles. The van der Waals surface area contributed by atoms with Gasteiger partial charge in [0.2, 0.25) is 5.91 Å². The van der Waals surface area contributed by atoms with Crippen LogP contribution in [0.5, 0.6) is 5.75 Å². The summed E-state index contributed by atoms with van der Waals surface area (Å²) in [5.41, 5.74) is 0.139. The van der Waals surface area contributed by atoms with Crippen molar-refractivity contribution in [1.29, 1.82) is 0 Å². The van der Waals surface area contributed by atoms with E-state index in [9.17, 15) is 9.59 Å². The van der Waals surface area contributed by atoms with Crippen LogP contribution in [0.25, 0.3) is 10.8 Å². The summed E-state index contributed by atoms with van der Waals surface area (Å²) in [5.74, 6) is 0.292. The van der Waals surface area contributed by atoms with Gasteiger partial charge in [0, 0.05) is 16.6 Å². The largest absolute Gasteiger partial charge is 0.497 e. The molecule has 1 heterocycles. The first-order chi connectivity index (χ1) is 12.4. The van der Waals surface area contributed by atoms with Crippen molar-refractivity contribution in [2.45, 2.75) is 13.0 Å². The van der Waals surface area contributed by atoms with E-state index in [1.165, 1.54) is 4.57 Å². The van der Waals surface area contributed by atoms with Crippen LogP contribution < -0.4 is 15.6 Å². The molecule has 3 rings (SSSR count). The fraction of sp³-hybridized carbons (Fsp3) is 0.158. The lowest BCUT2D eigenvalue weighted by Crippen LogP contribution is -2.31. The molecule has 134 valence electrons. The summed E-state index contributed by atoms with van der Waals surface area (Å²) >= 11 is 12.0. The molecule has 5 nitrogen and oxygen atoms in total. The highest BCUT2D eigenvalue weighted by Gasteiger charge is 2.18. The van der Waals surface area contributed by atoms with Gasteiger partial charge in [-0.05, 0) is 54.8 Å². The Morgan fingerprint density at radius 3 is 2.65 bits per heavy atom. The number of hydrogen-bond acceptors (Lipinski definition) is 3. The van der Waals surface area contributed by atoms with E-state index in [2.05, 4.69) is 5.32 Å². The SMILES string of the molecule is COc1ccc2c(=O)n(C(C)C(=O)Nc3cc(Cl)ccc3Cl)ccc2c1. The van der Waals surface area contributed by atoms with E-state index in [0.717, 1.165) is 5.39 Å². The molecule has 1 N–H and O–H groups in total. The summed E-state index contributed by atoms with van der Waals surface area (Å²) in [6, 6.07) is 11.0. The molecule has 0 aliphatic rings. The summed E-state index contributed by atoms with van der Waals surface area (Å²) in [7, 11) is 1.57. The third kappa shape index (κ3) is 3.54. The van der Waals surface area contributed by atoms with Gasteiger partial charge in [-0.3, -0.25) is 9.59 Å². The second-order valence-electron chi connectivity index (χ2n) is 5.77. The zero-order valence-electron chi connectivity index (χ0n) is 14.1. The minimum Gasteiger partial charge on any atom is -0.497 e. The Bertz CT molecular complexity index is 1050. The number of amides is 1. The summed E-state index contributed by atoms with van der Waals surface area (Å²) < 4.78 is 6.55. The van der Waals surface area contributed by atoms with Crippen molar-refractivity contribution in [3.05, 3.63) is 69.1 Å². The number of rotatable bonds is 4. The Hall–Kier alpha value is -2.50. The van der Waals surface area contributed by atoms with Crippen LogP contribution in [0.4, 0.5) is 5.69 Å². The smallest absolute Gasteiger partial charge is 0.259 e. The number of halogens is 2. The fourth-order valence-electron chi connectivity index (χ4n) is 2.63. The Kier molecular flexibility index (Phi) is 5.20. The van der Waals surface area contributed by atoms with Crippen LogP contribution in [0.1, 0.15) is 13.0 Å². The van der Waals surface area contributed by atoms with E-state index in [0.29, 0.717) is 26.9 Å². The van der Waals surface area contributed by atoms with Gasteiger partial charge in [-0.25, -0.2) is 0 Å². The van der Waals surface area contributed by atoms with Gasteiger partial charge in [0.05, 0.1) is 17.8 Å². The molecule has 1 unspecified atom stereocenters. The lowest BCUT2D eigenvalue weighted by molar-refractivity contribution is -0.118. The normalized spacial score (nSPS) is 12.0. The minimum atomic E-state index is -0.732. The number of aromatic nitrogens is 1. The number of anilines is 1. The molecule has 1 atom stereocenters. The van der Waals surface area contributed by atoms with Gasteiger partial charge in [0.25, 0.3) is 5.56 Å². The number of nitrogens with zero attached hydrogens (tertiary/aromatic N) is 1. The van der Waals surface area contributed by atoms with Crippen molar-refractivity contribution in [1.82, 2.24) is 4.57 Å². The summed E-state index contributed by atoms with van der Waals surface area (Å²) in [6.07, 6.45) is 1.59. The third-order valence-electron chi connectivity index (χ3n) is 4.12. The average Bonchev–Trinajstić information content (AvgIpc) is 2.64. The molecular weight excluding hydrogens is 375 g/mol. The highest BCUT2D eigenvalue weighted by molar-refractivity contribution is 6.35. The van der Waals surface area contributed by atoms with Gasteiger partial charge in [-0.15, -0.1) is 0 Å². The molecule has 0 fully saturated rings. The Balaban J connectivity index is 1.92. The molecule has 1 aromatic heterocycles. The first-order valence-corrected chi connectivity index (χ1v) is 8.61. The zero-order chi connectivity index (χ0) is 18.8. The summed E-state index contributed by atoms with van der Waals surface area (Å²) in [5, 5.41) is 4.78. The molecule has 0 radical (unpaired) electrons. The van der Waals surface area contributed by atoms with Crippen LogP contribution in [-0.4, -0.2) is 17.6 Å². The van der Waals surface area contributed by atoms with E-state index in [-0.39, 0.29) is 11.5 Å². The van der Waals surface area contributed by atoms with Gasteiger partial charge in [-0.2, -0.15) is 0 Å². The predicted octanol–water partition coefficient (Wildman–Crippen LogP) is 4.52. The summed E-state index contributed by atoms with van der Waals surface area (Å²) in [6.45, 7) is 1.64. The number of carbonyl (C=O) groups is 1. The van der Waals surface area contributed by atoms with E-state index < -0.39 is 6.04 Å². The van der Waals surface area contributed by atoms with Crippen molar-refractivity contribution in [2.75, 3.05) is 12.4 Å². The maximum atomic E-state index is 12.7. The van der Waals surface area contributed by atoms with E-state index in [1.807, 2.05) is 0 Å². The third-order valence-corrected chi connectivity index (χ3v) is 4.69. The van der Waals surface area contributed by atoms with Gasteiger partial charge in [-0.1, -0.05) is 23.2 Å². The number of nitrogens with one attached hydrogen (secondary N) is 1. The van der Waals surface area contributed by atoms with Crippen LogP contribution in [0, 0.1) is 0 Å². The Morgan fingerprint density at radius 1 is 1.15 bits per heavy atom. The first-order valence-electron chi connectivity index (χ1n) is 7.85. The van der Waals surface area contributed by atoms with Crippen LogP contribution >= 0.6 is 23.2 Å². The van der Waals surface area contributed by atoms with Crippen molar-refractivity contribution < 1.29 is 9.53 Å². The highest BCUT2D eigenvalue weighted by Crippen LogP contribution is 2.26. The van der Waals surface area contributed by atoms with E-state index in [1.54, 1.807) is 62.7 Å². The van der Waals surface area contributed by atoms with Gasteiger partial charge in [0.1, 0.15) is 11.8 Å². The average molecular weight is 391 g/mol. The molecular formula is C19H16Cl2N2O3. The number of ether oxygens (including phenoxy) is 1. The van der Waals surface area contributed by atoms with Crippen LogP contribution in [0.15, 0.2) is 53.5 Å². The minimum absolute atomic E-state index is 0.259. The maximum absolute atomic E-state index is 12.7. The molecule has 7 heteroatoms. The van der Waals surface area contributed by atoms with Crippen molar-refractivity contribution in [3.8, 4) is 5.75 Å². The molecule has 0 bridgehead atoms. The van der Waals surface area contributed by atoms with Gasteiger partial charge >= 0.3 is 0 Å². The maximum Gasteiger partial charge on any atom is 0.259 e. The van der Waals surface area contributed by atoms with Crippen molar-refractivity contribution in [2.24, 2.45) is 0 Å². The van der Waals surface area contributed by atoms with Crippen LogP contribution in [0.2, 0.25) is 10.0 Å². The number of methoxy groups -OCH3 is 1. The molecule has 0 spiro atoms. The number of fused-ring (bicyclic) bond motifs is 1. The topological polar surface area (TPSA) is 60.3 Å². The number of carbonyl (C=O) groups excluding carboxylic acids is 1. The van der Waals surface area contributed by atoms with Crippen molar-refractivity contribution in [3.63, 3.8) is 0 Å². The quantitative estimate of drug-likeness (QED) is 0.712. The van der Waals surface area contributed by atoms with Gasteiger partial charge in [0.15, 0.2) is 0 Å². The number of pyridine rings is 1. The predicted molar refractivity (Wildman–Crippen MR) is 105 cm³/mol. The highest BCUT2D eigenvalue weighted by atomic mass is 35.5. The summed E-state index contributed by atoms with van der Waals surface area (Å²) in [4.78, 5) is 25.3. The second-order valence-corrected chi connectivity index (χ2v) is 6.61. The fourth-order valence-corrected chi connectivity index (χ4v) is 2.97. The number of benzene rings is 2. The Morgan fingerprint density at radius 2 is 1.92 bits per heavy atom. The first kappa shape index (κ1) is 18.3. The second kappa shape index (κ2) is 7.40.